The highest BCUT2D eigenvalue weighted by atomic mass is 15.1. The molecule has 2 rings (SSSR count). The van der Waals surface area contributed by atoms with E-state index in [0.29, 0.717) is 0 Å². The fourth-order valence-corrected chi connectivity index (χ4v) is 1.88. The summed E-state index contributed by atoms with van der Waals surface area (Å²) >= 11 is 0. The first-order chi connectivity index (χ1) is 8.69. The molecule has 1 aromatic carbocycles. The molecule has 0 saturated carbocycles. The summed E-state index contributed by atoms with van der Waals surface area (Å²) in [5, 5.41) is 6.55. The molecule has 18 heavy (non-hydrogen) atoms. The molecule has 3 nitrogen and oxygen atoms in total. The monoisotopic (exact) mass is 241 g/mol. The molecule has 0 spiro atoms. The van der Waals surface area contributed by atoms with E-state index in [2.05, 4.69) is 54.6 Å². The number of aromatic nitrogens is 1. The van der Waals surface area contributed by atoms with Crippen LogP contribution in [0.2, 0.25) is 0 Å². The van der Waals surface area contributed by atoms with Crippen molar-refractivity contribution in [1.82, 2.24) is 4.98 Å². The van der Waals surface area contributed by atoms with E-state index in [0.717, 1.165) is 23.9 Å². The lowest BCUT2D eigenvalue weighted by molar-refractivity contribution is 1.16. The van der Waals surface area contributed by atoms with Crippen molar-refractivity contribution in [2.24, 2.45) is 0 Å². The van der Waals surface area contributed by atoms with Gasteiger partial charge in [-0.3, -0.25) is 0 Å². The molecule has 1 aromatic heterocycles. The lowest BCUT2D eigenvalue weighted by Crippen LogP contribution is -2.01. The minimum Gasteiger partial charge on any atom is -0.370 e. The molecule has 0 atom stereocenters. The van der Waals surface area contributed by atoms with E-state index in [-0.39, 0.29) is 0 Å². The normalized spacial score (nSPS) is 10.2. The molecular weight excluding hydrogens is 222 g/mol. The third kappa shape index (κ3) is 3.00. The number of nitrogens with zero attached hydrogens (tertiary/aromatic N) is 1. The van der Waals surface area contributed by atoms with Crippen molar-refractivity contribution in [2.45, 2.75) is 20.8 Å². The van der Waals surface area contributed by atoms with E-state index >= 15 is 0 Å². The second-order valence-corrected chi connectivity index (χ2v) is 4.38. The van der Waals surface area contributed by atoms with Gasteiger partial charge in [0.1, 0.15) is 11.6 Å². The van der Waals surface area contributed by atoms with Gasteiger partial charge < -0.3 is 10.6 Å². The maximum absolute atomic E-state index is 4.50. The molecule has 0 unspecified atom stereocenters. The molecule has 94 valence electrons. The van der Waals surface area contributed by atoms with Gasteiger partial charge in [0.15, 0.2) is 0 Å². The second kappa shape index (κ2) is 5.54. The Balaban J connectivity index is 2.20. The average Bonchev–Trinajstić information content (AvgIpc) is 2.34. The Morgan fingerprint density at radius 2 is 1.83 bits per heavy atom. The maximum atomic E-state index is 4.50. The lowest BCUT2D eigenvalue weighted by atomic mass is 10.1. The van der Waals surface area contributed by atoms with Crippen molar-refractivity contribution >= 4 is 17.3 Å². The molecular formula is C15H19N3. The van der Waals surface area contributed by atoms with Crippen LogP contribution in [0.1, 0.15) is 18.1 Å². The minimum atomic E-state index is 0.861. The van der Waals surface area contributed by atoms with Crippen molar-refractivity contribution in [1.29, 1.82) is 0 Å². The van der Waals surface area contributed by atoms with Crippen LogP contribution < -0.4 is 10.6 Å². The quantitative estimate of drug-likeness (QED) is 0.853. The maximum Gasteiger partial charge on any atom is 0.132 e. The summed E-state index contributed by atoms with van der Waals surface area (Å²) in [7, 11) is 0. The van der Waals surface area contributed by atoms with Gasteiger partial charge in [0.2, 0.25) is 0 Å². The van der Waals surface area contributed by atoms with Gasteiger partial charge >= 0.3 is 0 Å². The third-order valence-corrected chi connectivity index (χ3v) is 2.75. The molecule has 1 heterocycles. The molecule has 0 bridgehead atoms. The molecule has 0 radical (unpaired) electrons. The summed E-state index contributed by atoms with van der Waals surface area (Å²) in [6, 6.07) is 12.3. The van der Waals surface area contributed by atoms with Crippen LogP contribution >= 0.6 is 0 Å². The lowest BCUT2D eigenvalue weighted by Gasteiger charge is -2.11. The fourth-order valence-electron chi connectivity index (χ4n) is 1.88. The van der Waals surface area contributed by atoms with Crippen LogP contribution in [0.4, 0.5) is 17.3 Å². The molecule has 0 aliphatic carbocycles. The zero-order chi connectivity index (χ0) is 13.0. The zero-order valence-corrected chi connectivity index (χ0v) is 11.1. The Morgan fingerprint density at radius 1 is 1.06 bits per heavy atom. The van der Waals surface area contributed by atoms with E-state index < -0.39 is 0 Å². The smallest absolute Gasteiger partial charge is 0.132 e. The molecule has 0 saturated heterocycles. The van der Waals surface area contributed by atoms with E-state index in [4.69, 9.17) is 0 Å². The number of pyridine rings is 1. The van der Waals surface area contributed by atoms with Gasteiger partial charge in [-0.25, -0.2) is 4.98 Å². The van der Waals surface area contributed by atoms with Gasteiger partial charge in [-0.15, -0.1) is 0 Å². The van der Waals surface area contributed by atoms with E-state index in [1.165, 1.54) is 11.1 Å². The topological polar surface area (TPSA) is 37.0 Å². The Bertz CT molecular complexity index is 535. The summed E-state index contributed by atoms with van der Waals surface area (Å²) in [5.74, 6) is 1.76. The number of hydrogen-bond donors (Lipinski definition) is 2. The van der Waals surface area contributed by atoms with Gasteiger partial charge in [0.25, 0.3) is 0 Å². The van der Waals surface area contributed by atoms with Crippen molar-refractivity contribution in [3.05, 3.63) is 47.5 Å². The number of benzene rings is 1. The van der Waals surface area contributed by atoms with Gasteiger partial charge in [-0.1, -0.05) is 23.8 Å². The average molecular weight is 241 g/mol. The van der Waals surface area contributed by atoms with E-state index in [1.54, 1.807) is 0 Å². The number of nitrogens with one attached hydrogen (secondary N) is 2. The van der Waals surface area contributed by atoms with Crippen LogP contribution in [-0.4, -0.2) is 11.5 Å². The highest BCUT2D eigenvalue weighted by Gasteiger charge is 2.01. The first-order valence-corrected chi connectivity index (χ1v) is 6.24. The van der Waals surface area contributed by atoms with Crippen LogP contribution in [0.3, 0.4) is 0 Å². The van der Waals surface area contributed by atoms with Crippen LogP contribution in [-0.2, 0) is 0 Å². The number of aryl methyl sites for hydroxylation is 2. The van der Waals surface area contributed by atoms with Gasteiger partial charge in [0, 0.05) is 12.2 Å². The summed E-state index contributed by atoms with van der Waals surface area (Å²) in [4.78, 5) is 4.50. The van der Waals surface area contributed by atoms with Crippen molar-refractivity contribution in [3.63, 3.8) is 0 Å². The molecule has 0 aliphatic heterocycles. The first-order valence-electron chi connectivity index (χ1n) is 6.24. The standard InChI is InChI=1S/C15H19N3/c1-4-16-14-6-5-7-15(18-14)17-13-9-8-11(2)10-12(13)3/h5-10H,4H2,1-3H3,(H2,16,17,18). The Labute approximate surface area is 108 Å². The Kier molecular flexibility index (Phi) is 3.82. The van der Waals surface area contributed by atoms with Crippen LogP contribution in [0.15, 0.2) is 36.4 Å². The Hall–Kier alpha value is -2.03. The van der Waals surface area contributed by atoms with Crippen LogP contribution in [0.5, 0.6) is 0 Å². The molecule has 2 aromatic rings. The van der Waals surface area contributed by atoms with Gasteiger partial charge in [-0.2, -0.15) is 0 Å². The predicted molar refractivity (Wildman–Crippen MR) is 77.6 cm³/mol. The van der Waals surface area contributed by atoms with Crippen LogP contribution in [0.25, 0.3) is 0 Å². The highest BCUT2D eigenvalue weighted by Crippen LogP contribution is 2.21. The molecule has 0 amide bonds. The largest absolute Gasteiger partial charge is 0.370 e. The second-order valence-electron chi connectivity index (χ2n) is 4.38. The summed E-state index contributed by atoms with van der Waals surface area (Å²) in [6.07, 6.45) is 0. The number of hydrogen-bond acceptors (Lipinski definition) is 3. The van der Waals surface area contributed by atoms with Crippen LogP contribution in [0, 0.1) is 13.8 Å². The number of rotatable bonds is 4. The molecule has 2 N–H and O–H groups in total. The molecule has 3 heteroatoms. The van der Waals surface area contributed by atoms with Gasteiger partial charge in [0.05, 0.1) is 0 Å². The van der Waals surface area contributed by atoms with E-state index in [9.17, 15) is 0 Å². The van der Waals surface area contributed by atoms with Crippen molar-refractivity contribution in [3.8, 4) is 0 Å². The van der Waals surface area contributed by atoms with Crippen molar-refractivity contribution < 1.29 is 0 Å². The molecule has 0 aliphatic rings. The number of anilines is 3. The summed E-state index contributed by atoms with van der Waals surface area (Å²) in [5.41, 5.74) is 3.60. The zero-order valence-electron chi connectivity index (χ0n) is 11.1. The van der Waals surface area contributed by atoms with Crippen molar-refractivity contribution in [2.75, 3.05) is 17.2 Å². The summed E-state index contributed by atoms with van der Waals surface area (Å²) < 4.78 is 0. The fraction of sp³-hybridized carbons (Fsp3) is 0.267. The third-order valence-electron chi connectivity index (χ3n) is 2.75. The molecule has 0 fully saturated rings. The first kappa shape index (κ1) is 12.4. The Morgan fingerprint density at radius 3 is 2.56 bits per heavy atom. The minimum absolute atomic E-state index is 0.861. The van der Waals surface area contributed by atoms with Gasteiger partial charge in [-0.05, 0) is 44.5 Å². The highest BCUT2D eigenvalue weighted by molar-refractivity contribution is 5.62. The predicted octanol–water partition coefficient (Wildman–Crippen LogP) is 3.87. The summed E-state index contributed by atoms with van der Waals surface area (Å²) in [6.45, 7) is 7.14. The SMILES string of the molecule is CCNc1cccc(Nc2ccc(C)cc2C)n1. The van der Waals surface area contributed by atoms with E-state index in [1.807, 2.05) is 18.2 Å².